The van der Waals surface area contributed by atoms with Crippen molar-refractivity contribution >= 4 is 37.2 Å². The third kappa shape index (κ3) is 5.55. The molecule has 1 fully saturated rings. The van der Waals surface area contributed by atoms with E-state index in [2.05, 4.69) is 4.74 Å². The summed E-state index contributed by atoms with van der Waals surface area (Å²) in [6, 6.07) is 0. The summed E-state index contributed by atoms with van der Waals surface area (Å²) in [5, 5.41) is 0. The van der Waals surface area contributed by atoms with Crippen LogP contribution in [-0.2, 0) is 9.30 Å². The van der Waals surface area contributed by atoms with Gasteiger partial charge in [0, 0.05) is 0 Å². The van der Waals surface area contributed by atoms with Crippen molar-refractivity contribution in [1.82, 2.24) is 0 Å². The molecule has 1 aliphatic rings. The Morgan fingerprint density at radius 3 is 2.22 bits per heavy atom. The van der Waals surface area contributed by atoms with E-state index in [9.17, 15) is 4.57 Å². The summed E-state index contributed by atoms with van der Waals surface area (Å²) in [7, 11) is -3.78. The van der Waals surface area contributed by atoms with Crippen molar-refractivity contribution < 1.29 is 19.1 Å². The summed E-state index contributed by atoms with van der Waals surface area (Å²) in [6.45, 7) is 0.505. The van der Waals surface area contributed by atoms with E-state index in [1.54, 1.807) is 0 Å². The second kappa shape index (κ2) is 3.49. The van der Waals surface area contributed by atoms with Crippen molar-refractivity contribution in [2.75, 3.05) is 12.8 Å². The van der Waals surface area contributed by atoms with Crippen molar-refractivity contribution in [3.8, 4) is 0 Å². The molecular weight excluding hydrogens is 154 g/mol. The van der Waals surface area contributed by atoms with Crippen LogP contribution >= 0.6 is 7.60 Å². The molecular formula is C3H8NaO4P. The average molecular weight is 162 g/mol. The first kappa shape index (κ1) is 10.1. The molecule has 4 nitrogen and oxygen atoms in total. The quantitative estimate of drug-likeness (QED) is 0.307. The van der Waals surface area contributed by atoms with Crippen molar-refractivity contribution in [3.63, 3.8) is 0 Å². The molecule has 0 aliphatic carbocycles. The van der Waals surface area contributed by atoms with Gasteiger partial charge in [0.05, 0.1) is 18.9 Å². The minimum atomic E-state index is -3.78. The second-order valence-corrected chi connectivity index (χ2v) is 3.50. The zero-order chi connectivity index (χ0) is 6.20. The molecule has 0 bridgehead atoms. The third-order valence-corrected chi connectivity index (χ3v) is 1.73. The number of rotatable bonds is 2. The van der Waals surface area contributed by atoms with Gasteiger partial charge in [-0.3, -0.25) is 4.57 Å². The molecule has 0 spiro atoms. The molecule has 0 aromatic heterocycles. The van der Waals surface area contributed by atoms with E-state index in [1.165, 1.54) is 0 Å². The molecule has 0 aromatic rings. The summed E-state index contributed by atoms with van der Waals surface area (Å²) in [4.78, 5) is 16.5. The monoisotopic (exact) mass is 162 g/mol. The Bertz CT molecular complexity index is 128. The molecule has 0 saturated carbocycles. The fourth-order valence-corrected chi connectivity index (χ4v) is 1.18. The Labute approximate surface area is 75.0 Å². The van der Waals surface area contributed by atoms with E-state index in [1.807, 2.05) is 0 Å². The van der Waals surface area contributed by atoms with E-state index >= 15 is 0 Å². The van der Waals surface area contributed by atoms with Gasteiger partial charge < -0.3 is 14.5 Å². The minimum absolute atomic E-state index is 0. The number of hydrogen-bond acceptors (Lipinski definition) is 2. The van der Waals surface area contributed by atoms with Gasteiger partial charge in [0.15, 0.2) is 0 Å². The molecule has 1 heterocycles. The number of ether oxygens (including phenoxy) is 1. The van der Waals surface area contributed by atoms with E-state index in [-0.39, 0.29) is 41.8 Å². The van der Waals surface area contributed by atoms with E-state index in [0.717, 1.165) is 0 Å². The van der Waals surface area contributed by atoms with Crippen LogP contribution < -0.4 is 0 Å². The fraction of sp³-hybridized carbons (Fsp3) is 1.00. The van der Waals surface area contributed by atoms with Gasteiger partial charge in [0.1, 0.15) is 0 Å². The summed E-state index contributed by atoms with van der Waals surface area (Å²) >= 11 is 0. The van der Waals surface area contributed by atoms with Gasteiger partial charge in [-0.2, -0.15) is 0 Å². The molecule has 9 heavy (non-hydrogen) atoms. The summed E-state index contributed by atoms with van der Waals surface area (Å²) in [5.74, 6) is 0. The molecule has 0 amide bonds. The molecule has 0 aromatic carbocycles. The molecule has 0 radical (unpaired) electrons. The van der Waals surface area contributed by atoms with Crippen LogP contribution in [0.3, 0.4) is 0 Å². The first-order chi connectivity index (χ1) is 3.58. The molecule has 2 N–H and O–H groups in total. The number of epoxide rings is 1. The van der Waals surface area contributed by atoms with Crippen LogP contribution in [0, 0.1) is 0 Å². The summed E-state index contributed by atoms with van der Waals surface area (Å²) in [6.07, 6.45) is -0.289. The van der Waals surface area contributed by atoms with E-state index < -0.39 is 7.60 Å². The predicted octanol–water partition coefficient (Wildman–Crippen LogP) is -1.09. The Kier molecular flexibility index (Phi) is 3.92. The van der Waals surface area contributed by atoms with Gasteiger partial charge in [0.2, 0.25) is 0 Å². The Morgan fingerprint density at radius 2 is 2.11 bits per heavy atom. The maximum absolute atomic E-state index is 10.1. The van der Waals surface area contributed by atoms with E-state index in [0.29, 0.717) is 6.61 Å². The maximum atomic E-state index is 10.1. The second-order valence-electron chi connectivity index (χ2n) is 1.80. The molecule has 50 valence electrons. The van der Waals surface area contributed by atoms with Crippen LogP contribution in [0.2, 0.25) is 0 Å². The van der Waals surface area contributed by atoms with Gasteiger partial charge in [-0.1, -0.05) is 0 Å². The normalized spacial score (nSPS) is 24.9. The first-order valence-electron chi connectivity index (χ1n) is 2.24. The summed E-state index contributed by atoms with van der Waals surface area (Å²) in [5.41, 5.74) is 0. The fourth-order valence-electron chi connectivity index (χ4n) is 0.439. The molecule has 1 atom stereocenters. The van der Waals surface area contributed by atoms with Gasteiger partial charge in [-0.05, 0) is 0 Å². The zero-order valence-corrected chi connectivity index (χ0v) is 5.04. The van der Waals surface area contributed by atoms with Crippen molar-refractivity contribution in [2.45, 2.75) is 6.10 Å². The Balaban J connectivity index is 0.000000640. The standard InChI is InChI=1S/C3H7O4P.Na.H/c4-8(5,6)2-3-1-7-3;;/h3H,1-2H2,(H2,4,5,6);;. The van der Waals surface area contributed by atoms with Crippen LogP contribution in [-0.4, -0.2) is 58.2 Å². The zero-order valence-electron chi connectivity index (χ0n) is 4.15. The van der Waals surface area contributed by atoms with Crippen LogP contribution in [0.25, 0.3) is 0 Å². The molecule has 1 aliphatic heterocycles. The third-order valence-electron chi connectivity index (χ3n) is 0.844. The van der Waals surface area contributed by atoms with Crippen LogP contribution in [0.15, 0.2) is 0 Å². The SMILES string of the molecule is O=P(O)(O)CC1CO1.[NaH]. The van der Waals surface area contributed by atoms with Crippen LogP contribution in [0.5, 0.6) is 0 Å². The van der Waals surface area contributed by atoms with Crippen molar-refractivity contribution in [1.29, 1.82) is 0 Å². The Morgan fingerprint density at radius 1 is 1.67 bits per heavy atom. The Hall–Kier alpha value is 1.11. The summed E-state index contributed by atoms with van der Waals surface area (Å²) < 4.78 is 14.7. The predicted molar refractivity (Wildman–Crippen MR) is 33.8 cm³/mol. The molecule has 1 unspecified atom stereocenters. The first-order valence-corrected chi connectivity index (χ1v) is 4.04. The van der Waals surface area contributed by atoms with Crippen LogP contribution in [0.1, 0.15) is 0 Å². The average Bonchev–Trinajstić information content (AvgIpc) is 2.12. The van der Waals surface area contributed by atoms with Crippen LogP contribution in [0.4, 0.5) is 0 Å². The number of hydrogen-bond donors (Lipinski definition) is 2. The van der Waals surface area contributed by atoms with Crippen molar-refractivity contribution in [3.05, 3.63) is 0 Å². The molecule has 1 saturated heterocycles. The van der Waals surface area contributed by atoms with E-state index in [4.69, 9.17) is 9.79 Å². The van der Waals surface area contributed by atoms with Crippen molar-refractivity contribution in [2.24, 2.45) is 0 Å². The van der Waals surface area contributed by atoms with Gasteiger partial charge >= 0.3 is 37.2 Å². The molecule has 1 rings (SSSR count). The van der Waals surface area contributed by atoms with Gasteiger partial charge in [-0.15, -0.1) is 0 Å². The van der Waals surface area contributed by atoms with Gasteiger partial charge in [0.25, 0.3) is 0 Å². The molecule has 6 heteroatoms. The topological polar surface area (TPSA) is 70.1 Å². The van der Waals surface area contributed by atoms with Gasteiger partial charge in [-0.25, -0.2) is 0 Å².